The van der Waals surface area contributed by atoms with E-state index in [9.17, 15) is 9.59 Å². The zero-order chi connectivity index (χ0) is 19.7. The predicted molar refractivity (Wildman–Crippen MR) is 108 cm³/mol. The summed E-state index contributed by atoms with van der Waals surface area (Å²) in [6, 6.07) is 7.60. The maximum absolute atomic E-state index is 13.3. The van der Waals surface area contributed by atoms with Crippen molar-refractivity contribution in [2.24, 2.45) is 7.05 Å². The quantitative estimate of drug-likeness (QED) is 0.674. The first-order valence-electron chi connectivity index (χ1n) is 8.78. The monoisotopic (exact) mass is 385 g/mol. The Labute approximate surface area is 162 Å². The van der Waals surface area contributed by atoms with Gasteiger partial charge in [-0.3, -0.25) is 9.59 Å². The van der Waals surface area contributed by atoms with Crippen molar-refractivity contribution in [3.8, 4) is 5.75 Å². The maximum Gasteiger partial charge on any atom is 0.264 e. The smallest absolute Gasteiger partial charge is 0.264 e. The van der Waals surface area contributed by atoms with E-state index in [1.54, 1.807) is 19.1 Å². The van der Waals surface area contributed by atoms with Gasteiger partial charge in [0, 0.05) is 13.6 Å². The highest BCUT2D eigenvalue weighted by Gasteiger charge is 2.26. The molecule has 0 aliphatic rings. The van der Waals surface area contributed by atoms with E-state index in [0.717, 1.165) is 11.3 Å². The molecule has 0 spiro atoms. The van der Waals surface area contributed by atoms with E-state index in [1.807, 2.05) is 45.0 Å². The minimum atomic E-state index is -0.128. The SMILES string of the molecule is CCN(C(=O)c1sc2ncn(C)c(=O)c2c1C)C(C)c1cccc(OC)c1. The number of carbonyl (C=O) groups excluding carboxylic acids is 1. The fourth-order valence-electron chi connectivity index (χ4n) is 3.22. The van der Waals surface area contributed by atoms with Crippen LogP contribution in [0.15, 0.2) is 35.4 Å². The molecule has 1 atom stereocenters. The zero-order valence-electron chi connectivity index (χ0n) is 16.1. The van der Waals surface area contributed by atoms with Gasteiger partial charge in [-0.15, -0.1) is 11.3 Å². The molecule has 0 bridgehead atoms. The van der Waals surface area contributed by atoms with Gasteiger partial charge in [0.05, 0.1) is 29.7 Å². The number of aryl methyl sites for hydroxylation is 2. The van der Waals surface area contributed by atoms with E-state index in [4.69, 9.17) is 4.74 Å². The number of methoxy groups -OCH3 is 1. The molecule has 0 saturated carbocycles. The molecule has 3 aromatic rings. The average Bonchev–Trinajstić information content (AvgIpc) is 3.02. The fraction of sp³-hybridized carbons (Fsp3) is 0.350. The first-order chi connectivity index (χ1) is 12.9. The van der Waals surface area contributed by atoms with Crippen molar-refractivity contribution >= 4 is 27.5 Å². The van der Waals surface area contributed by atoms with Crippen molar-refractivity contribution < 1.29 is 9.53 Å². The summed E-state index contributed by atoms with van der Waals surface area (Å²) in [4.78, 5) is 33.0. The van der Waals surface area contributed by atoms with E-state index < -0.39 is 0 Å². The normalized spacial score (nSPS) is 12.2. The Kier molecular flexibility index (Phi) is 5.32. The lowest BCUT2D eigenvalue weighted by Gasteiger charge is -2.28. The fourth-order valence-corrected chi connectivity index (χ4v) is 4.31. The Bertz CT molecular complexity index is 1050. The van der Waals surface area contributed by atoms with Crippen molar-refractivity contribution in [2.75, 3.05) is 13.7 Å². The average molecular weight is 385 g/mol. The van der Waals surface area contributed by atoms with Crippen molar-refractivity contribution in [3.05, 3.63) is 57.0 Å². The van der Waals surface area contributed by atoms with E-state index in [-0.39, 0.29) is 17.5 Å². The second-order valence-corrected chi connectivity index (χ2v) is 7.44. The molecule has 1 amide bonds. The molecule has 0 aliphatic heterocycles. The predicted octanol–water partition coefficient (Wildman–Crippen LogP) is 3.54. The minimum Gasteiger partial charge on any atom is -0.497 e. The molecule has 0 N–H and O–H groups in total. The van der Waals surface area contributed by atoms with Crippen molar-refractivity contribution in [1.29, 1.82) is 0 Å². The highest BCUT2D eigenvalue weighted by Crippen LogP contribution is 2.31. The Morgan fingerprint density at radius 2 is 2.15 bits per heavy atom. The van der Waals surface area contributed by atoms with Crippen molar-refractivity contribution in [3.63, 3.8) is 0 Å². The van der Waals surface area contributed by atoms with E-state index in [1.165, 1.54) is 22.2 Å². The van der Waals surface area contributed by atoms with Gasteiger partial charge in [0.1, 0.15) is 10.6 Å². The second kappa shape index (κ2) is 7.52. The lowest BCUT2D eigenvalue weighted by Crippen LogP contribution is -2.33. The Balaban J connectivity index is 2.02. The largest absolute Gasteiger partial charge is 0.497 e. The van der Waals surface area contributed by atoms with E-state index in [0.29, 0.717) is 27.2 Å². The maximum atomic E-state index is 13.3. The van der Waals surface area contributed by atoms with Crippen LogP contribution in [0.2, 0.25) is 0 Å². The van der Waals surface area contributed by atoms with Crippen molar-refractivity contribution in [1.82, 2.24) is 14.5 Å². The first kappa shape index (κ1) is 19.1. The number of hydrogen-bond acceptors (Lipinski definition) is 5. The molecule has 0 saturated heterocycles. The topological polar surface area (TPSA) is 64.4 Å². The van der Waals surface area contributed by atoms with Gasteiger partial charge in [0.15, 0.2) is 0 Å². The van der Waals surface area contributed by atoms with Crippen LogP contribution in [0, 0.1) is 6.92 Å². The van der Waals surface area contributed by atoms with Crippen LogP contribution in [0.25, 0.3) is 10.2 Å². The highest BCUT2D eigenvalue weighted by molar-refractivity contribution is 7.20. The molecule has 1 aromatic carbocycles. The summed E-state index contributed by atoms with van der Waals surface area (Å²) in [6.45, 7) is 6.32. The van der Waals surface area contributed by atoms with Gasteiger partial charge in [-0.25, -0.2) is 4.98 Å². The van der Waals surface area contributed by atoms with Crippen LogP contribution >= 0.6 is 11.3 Å². The summed E-state index contributed by atoms with van der Waals surface area (Å²) < 4.78 is 6.74. The van der Waals surface area contributed by atoms with Gasteiger partial charge in [0.25, 0.3) is 11.5 Å². The van der Waals surface area contributed by atoms with Gasteiger partial charge in [-0.1, -0.05) is 12.1 Å². The van der Waals surface area contributed by atoms with E-state index >= 15 is 0 Å². The van der Waals surface area contributed by atoms with Crippen LogP contribution in [0.4, 0.5) is 0 Å². The molecule has 0 aliphatic carbocycles. The van der Waals surface area contributed by atoms with Crippen LogP contribution in [0.3, 0.4) is 0 Å². The van der Waals surface area contributed by atoms with Crippen LogP contribution in [-0.4, -0.2) is 34.0 Å². The molecular weight excluding hydrogens is 362 g/mol. The summed E-state index contributed by atoms with van der Waals surface area (Å²) in [6.07, 6.45) is 1.49. The van der Waals surface area contributed by atoms with Gasteiger partial charge in [-0.05, 0) is 44.0 Å². The summed E-state index contributed by atoms with van der Waals surface area (Å²) in [5, 5.41) is 0.526. The number of amides is 1. The van der Waals surface area contributed by atoms with Crippen LogP contribution in [0.5, 0.6) is 5.75 Å². The third-order valence-electron chi connectivity index (χ3n) is 4.85. The number of carbonyl (C=O) groups is 1. The molecule has 7 heteroatoms. The van der Waals surface area contributed by atoms with Crippen molar-refractivity contribution in [2.45, 2.75) is 26.8 Å². The van der Waals surface area contributed by atoms with Crippen LogP contribution in [-0.2, 0) is 7.05 Å². The number of benzene rings is 1. The number of thiophene rings is 1. The molecule has 142 valence electrons. The van der Waals surface area contributed by atoms with Crippen LogP contribution in [0.1, 0.15) is 40.7 Å². The summed E-state index contributed by atoms with van der Waals surface area (Å²) in [5.74, 6) is 0.670. The molecule has 2 aromatic heterocycles. The Morgan fingerprint density at radius 3 is 2.81 bits per heavy atom. The lowest BCUT2D eigenvalue weighted by molar-refractivity contribution is 0.0706. The molecular formula is C20H23N3O3S. The number of ether oxygens (including phenoxy) is 1. The number of hydrogen-bond donors (Lipinski definition) is 0. The minimum absolute atomic E-state index is 0.0876. The third kappa shape index (κ3) is 3.35. The molecule has 0 fully saturated rings. The summed E-state index contributed by atoms with van der Waals surface area (Å²) in [5.41, 5.74) is 1.57. The van der Waals surface area contributed by atoms with Gasteiger partial charge in [-0.2, -0.15) is 0 Å². The lowest BCUT2D eigenvalue weighted by atomic mass is 10.1. The molecule has 6 nitrogen and oxygen atoms in total. The molecule has 0 radical (unpaired) electrons. The van der Waals surface area contributed by atoms with Gasteiger partial charge in [0.2, 0.25) is 0 Å². The molecule has 3 rings (SSSR count). The molecule has 1 unspecified atom stereocenters. The number of aromatic nitrogens is 2. The number of fused-ring (bicyclic) bond motifs is 1. The number of rotatable bonds is 5. The summed E-state index contributed by atoms with van der Waals surface area (Å²) >= 11 is 1.28. The van der Waals surface area contributed by atoms with E-state index in [2.05, 4.69) is 4.98 Å². The Hall–Kier alpha value is -2.67. The number of nitrogens with zero attached hydrogens (tertiary/aromatic N) is 3. The molecule has 2 heterocycles. The highest BCUT2D eigenvalue weighted by atomic mass is 32.1. The third-order valence-corrected chi connectivity index (χ3v) is 6.04. The van der Waals surface area contributed by atoms with Gasteiger partial charge < -0.3 is 14.2 Å². The van der Waals surface area contributed by atoms with Gasteiger partial charge >= 0.3 is 0 Å². The molecule has 27 heavy (non-hydrogen) atoms. The zero-order valence-corrected chi connectivity index (χ0v) is 17.0. The summed E-state index contributed by atoms with van der Waals surface area (Å²) in [7, 11) is 3.29. The Morgan fingerprint density at radius 1 is 1.41 bits per heavy atom. The standard InChI is InChI=1S/C20H23N3O3S/c1-6-23(13(3)14-8-7-9-15(10-14)26-5)20(25)17-12(2)16-18(27-17)21-11-22(4)19(16)24/h7-11,13H,6H2,1-5H3. The van der Waals surface area contributed by atoms with Crippen LogP contribution < -0.4 is 10.3 Å². The second-order valence-electron chi connectivity index (χ2n) is 6.44. The first-order valence-corrected chi connectivity index (χ1v) is 9.60.